The van der Waals surface area contributed by atoms with Crippen molar-refractivity contribution < 1.29 is 14.6 Å². The lowest BCUT2D eigenvalue weighted by molar-refractivity contribution is 0.339. The SMILES string of the molecule is COc1cc(CN=C(N)NC(C)CCCC(C)C)cc(OC)c1O. The molecule has 6 nitrogen and oxygen atoms in total. The summed E-state index contributed by atoms with van der Waals surface area (Å²) in [5.41, 5.74) is 6.80. The van der Waals surface area contributed by atoms with Crippen molar-refractivity contribution in [3.8, 4) is 17.2 Å². The van der Waals surface area contributed by atoms with Crippen molar-refractivity contribution in [1.29, 1.82) is 0 Å². The topological polar surface area (TPSA) is 89.1 Å². The number of hydrogen-bond acceptors (Lipinski definition) is 4. The van der Waals surface area contributed by atoms with Crippen molar-refractivity contribution in [2.24, 2.45) is 16.6 Å². The number of aromatic hydroxyl groups is 1. The van der Waals surface area contributed by atoms with Crippen LogP contribution in [0.2, 0.25) is 0 Å². The molecule has 0 saturated heterocycles. The zero-order valence-corrected chi connectivity index (χ0v) is 15.4. The molecule has 0 aliphatic carbocycles. The lowest BCUT2D eigenvalue weighted by atomic mass is 10.0. The van der Waals surface area contributed by atoms with Gasteiger partial charge in [-0.1, -0.05) is 26.7 Å². The van der Waals surface area contributed by atoms with Crippen LogP contribution in [0.4, 0.5) is 0 Å². The Kier molecular flexibility index (Phi) is 8.22. The van der Waals surface area contributed by atoms with E-state index in [0.717, 1.165) is 17.9 Å². The second-order valence-corrected chi connectivity index (χ2v) is 6.42. The molecule has 24 heavy (non-hydrogen) atoms. The van der Waals surface area contributed by atoms with Crippen LogP contribution in [-0.4, -0.2) is 31.3 Å². The summed E-state index contributed by atoms with van der Waals surface area (Å²) in [6.45, 7) is 6.95. The molecule has 0 bridgehead atoms. The third-order valence-corrected chi connectivity index (χ3v) is 3.78. The normalized spacial score (nSPS) is 13.0. The Morgan fingerprint density at radius 3 is 2.25 bits per heavy atom. The van der Waals surface area contributed by atoms with Gasteiger partial charge in [0, 0.05) is 6.04 Å². The molecule has 0 amide bonds. The van der Waals surface area contributed by atoms with Crippen LogP contribution >= 0.6 is 0 Å². The van der Waals surface area contributed by atoms with Gasteiger partial charge in [0.2, 0.25) is 5.75 Å². The fraction of sp³-hybridized carbons (Fsp3) is 0.611. The molecule has 136 valence electrons. The van der Waals surface area contributed by atoms with Crippen molar-refractivity contribution in [3.05, 3.63) is 17.7 Å². The van der Waals surface area contributed by atoms with E-state index in [4.69, 9.17) is 15.2 Å². The van der Waals surface area contributed by atoms with Crippen molar-refractivity contribution in [2.75, 3.05) is 14.2 Å². The summed E-state index contributed by atoms with van der Waals surface area (Å²) in [6.07, 6.45) is 3.46. The number of rotatable bonds is 9. The van der Waals surface area contributed by atoms with Gasteiger partial charge in [0.1, 0.15) is 0 Å². The van der Waals surface area contributed by atoms with Gasteiger partial charge in [-0.15, -0.1) is 0 Å². The molecule has 1 aromatic carbocycles. The second kappa shape index (κ2) is 9.90. The van der Waals surface area contributed by atoms with Crippen LogP contribution < -0.4 is 20.5 Å². The molecule has 1 unspecified atom stereocenters. The monoisotopic (exact) mass is 337 g/mol. The Bertz CT molecular complexity index is 519. The number of phenols is 1. The maximum Gasteiger partial charge on any atom is 0.200 e. The van der Waals surface area contributed by atoms with E-state index in [1.165, 1.54) is 27.1 Å². The van der Waals surface area contributed by atoms with Crippen molar-refractivity contribution in [1.82, 2.24) is 5.32 Å². The molecular weight excluding hydrogens is 306 g/mol. The predicted octanol–water partition coefficient (Wildman–Crippen LogP) is 3.03. The quantitative estimate of drug-likeness (QED) is 0.476. The first-order valence-corrected chi connectivity index (χ1v) is 8.37. The lowest BCUT2D eigenvalue weighted by Crippen LogP contribution is -2.38. The van der Waals surface area contributed by atoms with E-state index in [1.54, 1.807) is 12.1 Å². The first-order chi connectivity index (χ1) is 11.4. The summed E-state index contributed by atoms with van der Waals surface area (Å²) in [6, 6.07) is 3.73. The van der Waals surface area contributed by atoms with Crippen LogP contribution in [0, 0.1) is 5.92 Å². The zero-order valence-electron chi connectivity index (χ0n) is 15.4. The van der Waals surface area contributed by atoms with Crippen LogP contribution in [0.5, 0.6) is 17.2 Å². The van der Waals surface area contributed by atoms with Crippen LogP contribution in [0.15, 0.2) is 17.1 Å². The molecule has 1 aromatic rings. The van der Waals surface area contributed by atoms with Crippen LogP contribution in [0.3, 0.4) is 0 Å². The average molecular weight is 337 g/mol. The van der Waals surface area contributed by atoms with Crippen LogP contribution in [0.25, 0.3) is 0 Å². The molecule has 0 radical (unpaired) electrons. The van der Waals surface area contributed by atoms with Gasteiger partial charge in [-0.25, -0.2) is 4.99 Å². The van der Waals surface area contributed by atoms with Gasteiger partial charge in [-0.2, -0.15) is 0 Å². The van der Waals surface area contributed by atoms with Gasteiger partial charge in [0.15, 0.2) is 17.5 Å². The third-order valence-electron chi connectivity index (χ3n) is 3.78. The molecule has 0 heterocycles. The van der Waals surface area contributed by atoms with Gasteiger partial charge >= 0.3 is 0 Å². The van der Waals surface area contributed by atoms with E-state index in [1.807, 2.05) is 0 Å². The minimum absolute atomic E-state index is 0.0161. The summed E-state index contributed by atoms with van der Waals surface area (Å²) in [5, 5.41) is 13.1. The zero-order chi connectivity index (χ0) is 18.1. The van der Waals surface area contributed by atoms with E-state index in [0.29, 0.717) is 24.0 Å². The van der Waals surface area contributed by atoms with Gasteiger partial charge in [0.25, 0.3) is 0 Å². The first-order valence-electron chi connectivity index (χ1n) is 8.37. The Morgan fingerprint density at radius 2 is 1.75 bits per heavy atom. The van der Waals surface area contributed by atoms with E-state index in [9.17, 15) is 5.11 Å². The van der Waals surface area contributed by atoms with E-state index in [-0.39, 0.29) is 11.8 Å². The van der Waals surface area contributed by atoms with Crippen LogP contribution in [0.1, 0.15) is 45.6 Å². The van der Waals surface area contributed by atoms with Gasteiger partial charge in [-0.3, -0.25) is 0 Å². The number of ether oxygens (including phenoxy) is 2. The highest BCUT2D eigenvalue weighted by molar-refractivity contribution is 5.78. The molecule has 6 heteroatoms. The maximum absolute atomic E-state index is 9.91. The molecule has 4 N–H and O–H groups in total. The highest BCUT2D eigenvalue weighted by atomic mass is 16.5. The van der Waals surface area contributed by atoms with Gasteiger partial charge < -0.3 is 25.6 Å². The van der Waals surface area contributed by atoms with Crippen molar-refractivity contribution in [3.63, 3.8) is 0 Å². The highest BCUT2D eigenvalue weighted by Gasteiger charge is 2.11. The lowest BCUT2D eigenvalue weighted by Gasteiger charge is -2.15. The van der Waals surface area contributed by atoms with E-state index < -0.39 is 0 Å². The Hall–Kier alpha value is -2.11. The Balaban J connectivity index is 2.61. The molecule has 0 aliphatic heterocycles. The summed E-state index contributed by atoms with van der Waals surface area (Å²) >= 11 is 0. The summed E-state index contributed by atoms with van der Waals surface area (Å²) in [5.74, 6) is 1.83. The molecule has 0 aromatic heterocycles. The van der Waals surface area contributed by atoms with Crippen molar-refractivity contribution in [2.45, 2.75) is 52.6 Å². The molecule has 1 atom stereocenters. The minimum Gasteiger partial charge on any atom is -0.502 e. The Morgan fingerprint density at radius 1 is 1.17 bits per heavy atom. The Labute approximate surface area is 145 Å². The smallest absolute Gasteiger partial charge is 0.200 e. The van der Waals surface area contributed by atoms with E-state index in [2.05, 4.69) is 31.1 Å². The molecule has 0 fully saturated rings. The molecule has 0 saturated carbocycles. The van der Waals surface area contributed by atoms with Crippen molar-refractivity contribution >= 4 is 5.96 Å². The molecule has 0 spiro atoms. The number of methoxy groups -OCH3 is 2. The number of nitrogens with zero attached hydrogens (tertiary/aromatic N) is 1. The average Bonchev–Trinajstić information content (AvgIpc) is 2.53. The number of nitrogens with one attached hydrogen (secondary N) is 1. The number of guanidine groups is 1. The van der Waals surface area contributed by atoms with Gasteiger partial charge in [0.05, 0.1) is 20.8 Å². The molecule has 1 rings (SSSR count). The summed E-state index contributed by atoms with van der Waals surface area (Å²) < 4.78 is 10.3. The number of phenolic OH excluding ortho intramolecular Hbond substituents is 1. The summed E-state index contributed by atoms with van der Waals surface area (Å²) in [4.78, 5) is 4.35. The standard InChI is InChI=1S/C18H31N3O3/c1-12(2)7-6-8-13(3)21-18(19)20-11-14-9-15(23-4)17(22)16(10-14)24-5/h9-10,12-13,22H,6-8,11H2,1-5H3,(H3,19,20,21). The molecule has 0 aliphatic rings. The number of hydrogen-bond donors (Lipinski definition) is 3. The van der Waals surface area contributed by atoms with Gasteiger partial charge in [-0.05, 0) is 37.0 Å². The number of benzene rings is 1. The minimum atomic E-state index is -0.0161. The number of nitrogens with two attached hydrogens (primary N) is 1. The van der Waals surface area contributed by atoms with Crippen LogP contribution in [-0.2, 0) is 6.54 Å². The molecular formula is C18H31N3O3. The maximum atomic E-state index is 9.91. The number of aliphatic imine (C=N–C) groups is 1. The summed E-state index contributed by atoms with van der Waals surface area (Å²) in [7, 11) is 2.99. The largest absolute Gasteiger partial charge is 0.502 e. The third kappa shape index (κ3) is 6.56. The van der Waals surface area contributed by atoms with E-state index >= 15 is 0 Å². The highest BCUT2D eigenvalue weighted by Crippen LogP contribution is 2.37. The fourth-order valence-corrected chi connectivity index (χ4v) is 2.42. The predicted molar refractivity (Wildman–Crippen MR) is 97.8 cm³/mol. The fourth-order valence-electron chi connectivity index (χ4n) is 2.42. The second-order valence-electron chi connectivity index (χ2n) is 6.42. The first kappa shape index (κ1) is 19.9.